The summed E-state index contributed by atoms with van der Waals surface area (Å²) >= 11 is 0. The van der Waals surface area contributed by atoms with E-state index in [0.29, 0.717) is 18.7 Å². The molecule has 0 radical (unpaired) electrons. The number of sulfonamides is 1. The third-order valence-corrected chi connectivity index (χ3v) is 4.59. The van der Waals surface area contributed by atoms with Crippen LogP contribution in [0.15, 0.2) is 23.1 Å². The molecule has 1 rings (SSSR count). The van der Waals surface area contributed by atoms with Gasteiger partial charge in [0.05, 0.1) is 11.5 Å². The number of aliphatic hydroxyl groups is 1. The van der Waals surface area contributed by atoms with Crippen LogP contribution in [0.4, 0.5) is 0 Å². The van der Waals surface area contributed by atoms with Gasteiger partial charge in [-0.15, -0.1) is 0 Å². The summed E-state index contributed by atoms with van der Waals surface area (Å²) in [5, 5.41) is 9.17. The van der Waals surface area contributed by atoms with Crippen molar-refractivity contribution in [1.29, 1.82) is 0 Å². The first-order valence-corrected chi connectivity index (χ1v) is 7.77. The second kappa shape index (κ2) is 7.00. The van der Waals surface area contributed by atoms with Crippen molar-refractivity contribution in [2.75, 3.05) is 26.7 Å². The molecule has 1 aromatic carbocycles. The SMILES string of the molecule is CCN(C)CCNS(=O)(=O)c1ccc(C)c(CO)c1. The molecule has 0 heterocycles. The van der Waals surface area contributed by atoms with E-state index in [1.807, 2.05) is 25.8 Å². The molecule has 5 nitrogen and oxygen atoms in total. The Kier molecular flexibility index (Phi) is 5.93. The molecule has 0 aliphatic rings. The lowest BCUT2D eigenvalue weighted by Gasteiger charge is -2.14. The minimum atomic E-state index is -3.50. The summed E-state index contributed by atoms with van der Waals surface area (Å²) in [7, 11) is -1.57. The highest BCUT2D eigenvalue weighted by atomic mass is 32.2. The summed E-state index contributed by atoms with van der Waals surface area (Å²) in [6, 6.07) is 4.78. The fraction of sp³-hybridized carbons (Fsp3) is 0.538. The lowest BCUT2D eigenvalue weighted by atomic mass is 10.1. The quantitative estimate of drug-likeness (QED) is 0.775. The second-order valence-corrected chi connectivity index (χ2v) is 6.31. The van der Waals surface area contributed by atoms with Crippen LogP contribution in [0.2, 0.25) is 0 Å². The Morgan fingerprint density at radius 1 is 1.37 bits per heavy atom. The smallest absolute Gasteiger partial charge is 0.240 e. The van der Waals surface area contributed by atoms with Crippen LogP contribution < -0.4 is 4.72 Å². The third kappa shape index (κ3) is 4.58. The molecule has 0 aromatic heterocycles. The first-order valence-electron chi connectivity index (χ1n) is 6.29. The van der Waals surface area contributed by atoms with E-state index in [0.717, 1.165) is 12.1 Å². The maximum atomic E-state index is 12.1. The largest absolute Gasteiger partial charge is 0.392 e. The van der Waals surface area contributed by atoms with Gasteiger partial charge in [-0.3, -0.25) is 0 Å². The molecule has 108 valence electrons. The number of rotatable bonds is 7. The van der Waals surface area contributed by atoms with E-state index in [1.165, 1.54) is 6.07 Å². The van der Waals surface area contributed by atoms with Gasteiger partial charge in [0.25, 0.3) is 0 Å². The number of likely N-dealkylation sites (N-methyl/N-ethyl adjacent to an activating group) is 1. The molecule has 0 aliphatic heterocycles. The Bertz CT molecular complexity index is 515. The predicted molar refractivity (Wildman–Crippen MR) is 75.5 cm³/mol. The van der Waals surface area contributed by atoms with E-state index in [2.05, 4.69) is 4.72 Å². The number of aliphatic hydroxyl groups excluding tert-OH is 1. The van der Waals surface area contributed by atoms with Crippen LogP contribution in [-0.2, 0) is 16.6 Å². The van der Waals surface area contributed by atoms with Crippen LogP contribution in [0.5, 0.6) is 0 Å². The Morgan fingerprint density at radius 2 is 2.05 bits per heavy atom. The van der Waals surface area contributed by atoms with Crippen LogP contribution in [0.1, 0.15) is 18.1 Å². The zero-order valence-corrected chi connectivity index (χ0v) is 12.5. The average Bonchev–Trinajstić information content (AvgIpc) is 2.38. The summed E-state index contributed by atoms with van der Waals surface area (Å²) in [6.45, 7) is 5.60. The number of benzene rings is 1. The second-order valence-electron chi connectivity index (χ2n) is 4.54. The fourth-order valence-electron chi connectivity index (χ4n) is 1.60. The minimum Gasteiger partial charge on any atom is -0.392 e. The maximum Gasteiger partial charge on any atom is 0.240 e. The minimum absolute atomic E-state index is 0.159. The molecular formula is C13H22N2O3S. The molecule has 0 atom stereocenters. The first kappa shape index (κ1) is 16.1. The molecule has 19 heavy (non-hydrogen) atoms. The third-order valence-electron chi connectivity index (χ3n) is 3.13. The van der Waals surface area contributed by atoms with Gasteiger partial charge in [0.15, 0.2) is 0 Å². The van der Waals surface area contributed by atoms with Crippen LogP contribution >= 0.6 is 0 Å². The van der Waals surface area contributed by atoms with Gasteiger partial charge in [-0.1, -0.05) is 13.0 Å². The highest BCUT2D eigenvalue weighted by molar-refractivity contribution is 7.89. The summed E-state index contributed by atoms with van der Waals surface area (Å²) in [5.74, 6) is 0. The molecular weight excluding hydrogens is 264 g/mol. The molecule has 0 aliphatic carbocycles. The average molecular weight is 286 g/mol. The van der Waals surface area contributed by atoms with Crippen molar-refractivity contribution in [1.82, 2.24) is 9.62 Å². The number of aryl methyl sites for hydroxylation is 1. The molecule has 2 N–H and O–H groups in total. The van der Waals surface area contributed by atoms with Crippen LogP contribution in [0.25, 0.3) is 0 Å². The molecule has 0 fully saturated rings. The van der Waals surface area contributed by atoms with Crippen molar-refractivity contribution in [2.24, 2.45) is 0 Å². The van der Waals surface area contributed by atoms with Crippen molar-refractivity contribution < 1.29 is 13.5 Å². The number of hydrogen-bond donors (Lipinski definition) is 2. The zero-order chi connectivity index (χ0) is 14.5. The number of hydrogen-bond acceptors (Lipinski definition) is 4. The number of nitrogens with zero attached hydrogens (tertiary/aromatic N) is 1. The zero-order valence-electron chi connectivity index (χ0n) is 11.7. The summed E-state index contributed by atoms with van der Waals surface area (Å²) in [5.41, 5.74) is 1.51. The van der Waals surface area contributed by atoms with Gasteiger partial charge >= 0.3 is 0 Å². The summed E-state index contributed by atoms with van der Waals surface area (Å²) < 4.78 is 26.7. The van der Waals surface area contributed by atoms with Gasteiger partial charge in [0.1, 0.15) is 0 Å². The van der Waals surface area contributed by atoms with Crippen molar-refractivity contribution in [3.8, 4) is 0 Å². The summed E-state index contributed by atoms with van der Waals surface area (Å²) in [6.07, 6.45) is 0. The standard InChI is InChI=1S/C13H22N2O3S/c1-4-15(3)8-7-14-19(17,18)13-6-5-11(2)12(9-13)10-16/h5-6,9,14,16H,4,7-8,10H2,1-3H3. The van der Waals surface area contributed by atoms with E-state index >= 15 is 0 Å². The molecule has 1 aromatic rings. The van der Waals surface area contributed by atoms with Crippen molar-refractivity contribution in [3.63, 3.8) is 0 Å². The maximum absolute atomic E-state index is 12.1. The van der Waals surface area contributed by atoms with E-state index in [4.69, 9.17) is 5.11 Å². The van der Waals surface area contributed by atoms with Crippen molar-refractivity contribution >= 4 is 10.0 Å². The molecule has 0 unspecified atom stereocenters. The normalized spacial score (nSPS) is 12.1. The molecule has 0 bridgehead atoms. The lowest BCUT2D eigenvalue weighted by Crippen LogP contribution is -2.33. The van der Waals surface area contributed by atoms with Gasteiger partial charge in [-0.2, -0.15) is 0 Å². The molecule has 0 spiro atoms. The van der Waals surface area contributed by atoms with E-state index in [-0.39, 0.29) is 11.5 Å². The van der Waals surface area contributed by atoms with Crippen LogP contribution in [0.3, 0.4) is 0 Å². The van der Waals surface area contributed by atoms with Crippen LogP contribution in [0, 0.1) is 6.92 Å². The molecule has 6 heteroatoms. The Morgan fingerprint density at radius 3 is 2.63 bits per heavy atom. The van der Waals surface area contributed by atoms with Crippen LogP contribution in [-0.4, -0.2) is 45.1 Å². The monoisotopic (exact) mass is 286 g/mol. The Balaban J connectivity index is 2.77. The van der Waals surface area contributed by atoms with E-state index < -0.39 is 10.0 Å². The molecule has 0 saturated heterocycles. The Hall–Kier alpha value is -0.950. The number of nitrogens with one attached hydrogen (secondary N) is 1. The molecule has 0 saturated carbocycles. The summed E-state index contributed by atoms with van der Waals surface area (Å²) in [4.78, 5) is 2.22. The van der Waals surface area contributed by atoms with Crippen molar-refractivity contribution in [3.05, 3.63) is 29.3 Å². The van der Waals surface area contributed by atoms with Gasteiger partial charge in [0.2, 0.25) is 10.0 Å². The first-order chi connectivity index (χ1) is 8.90. The highest BCUT2D eigenvalue weighted by Gasteiger charge is 2.14. The van der Waals surface area contributed by atoms with E-state index in [1.54, 1.807) is 12.1 Å². The van der Waals surface area contributed by atoms with E-state index in [9.17, 15) is 8.42 Å². The van der Waals surface area contributed by atoms with Gasteiger partial charge in [-0.05, 0) is 43.8 Å². The lowest BCUT2D eigenvalue weighted by molar-refractivity contribution is 0.280. The predicted octanol–water partition coefficient (Wildman–Crippen LogP) is 0.717. The van der Waals surface area contributed by atoms with Gasteiger partial charge in [0, 0.05) is 13.1 Å². The highest BCUT2D eigenvalue weighted by Crippen LogP contribution is 2.15. The Labute approximate surface area is 115 Å². The fourth-order valence-corrected chi connectivity index (χ4v) is 2.67. The van der Waals surface area contributed by atoms with Gasteiger partial charge < -0.3 is 10.0 Å². The van der Waals surface area contributed by atoms with Crippen molar-refractivity contribution in [2.45, 2.75) is 25.3 Å². The molecule has 0 amide bonds. The van der Waals surface area contributed by atoms with Gasteiger partial charge in [-0.25, -0.2) is 13.1 Å². The topological polar surface area (TPSA) is 69.6 Å².